The van der Waals surface area contributed by atoms with Gasteiger partial charge < -0.3 is 10.5 Å². The Kier molecular flexibility index (Phi) is 4.99. The molecular weight excluding hydrogens is 258 g/mol. The van der Waals surface area contributed by atoms with E-state index in [0.29, 0.717) is 0 Å². The Morgan fingerprint density at radius 1 is 1.53 bits per heavy atom. The zero-order chi connectivity index (χ0) is 13.7. The van der Waals surface area contributed by atoms with E-state index in [1.54, 1.807) is 24.6 Å². The number of methoxy groups -OCH3 is 1. The molecule has 0 saturated carbocycles. The Balaban J connectivity index is 1.95. The summed E-state index contributed by atoms with van der Waals surface area (Å²) in [5, 5.41) is 6.41. The molecule has 2 rings (SSSR count). The zero-order valence-electron chi connectivity index (χ0n) is 11.5. The van der Waals surface area contributed by atoms with Crippen LogP contribution >= 0.6 is 11.3 Å². The number of rotatable bonds is 7. The van der Waals surface area contributed by atoms with E-state index in [9.17, 15) is 0 Å². The lowest BCUT2D eigenvalue weighted by Gasteiger charge is -2.14. The summed E-state index contributed by atoms with van der Waals surface area (Å²) in [7, 11) is 1.67. The van der Waals surface area contributed by atoms with Gasteiger partial charge in [0.1, 0.15) is 0 Å². The van der Waals surface area contributed by atoms with Crippen LogP contribution < -0.4 is 10.5 Å². The second-order valence-corrected chi connectivity index (χ2v) is 5.52. The number of hydrogen-bond donors (Lipinski definition) is 1. The van der Waals surface area contributed by atoms with E-state index in [1.807, 2.05) is 4.68 Å². The van der Waals surface area contributed by atoms with Gasteiger partial charge in [-0.25, -0.2) is 0 Å². The standard InChI is InChI=1S/C14H21N3OS/c1-3-17-14(13(18-2)10-16-17)12(15)8-4-6-11-7-5-9-19-11/h5,7,9-10,12H,3-4,6,8,15H2,1-2H3. The van der Waals surface area contributed by atoms with Crippen molar-refractivity contribution < 1.29 is 4.74 Å². The molecule has 0 fully saturated rings. The third kappa shape index (κ3) is 3.36. The van der Waals surface area contributed by atoms with Crippen LogP contribution in [0.3, 0.4) is 0 Å². The van der Waals surface area contributed by atoms with E-state index in [1.165, 1.54) is 4.88 Å². The van der Waals surface area contributed by atoms with E-state index in [4.69, 9.17) is 10.5 Å². The summed E-state index contributed by atoms with van der Waals surface area (Å²) in [6.07, 6.45) is 4.87. The molecular formula is C14H21N3OS. The molecule has 0 aliphatic heterocycles. The average Bonchev–Trinajstić information content (AvgIpc) is 3.06. The SMILES string of the molecule is CCn1ncc(OC)c1C(N)CCCc1cccs1. The molecule has 104 valence electrons. The highest BCUT2D eigenvalue weighted by atomic mass is 32.1. The molecule has 2 N–H and O–H groups in total. The predicted molar refractivity (Wildman–Crippen MR) is 78.6 cm³/mol. The predicted octanol–water partition coefficient (Wildman–Crippen LogP) is 3.00. The Bertz CT molecular complexity index is 471. The van der Waals surface area contributed by atoms with Gasteiger partial charge in [-0.1, -0.05) is 6.07 Å². The molecule has 0 aliphatic rings. The van der Waals surface area contributed by atoms with Crippen molar-refractivity contribution in [2.24, 2.45) is 5.73 Å². The topological polar surface area (TPSA) is 53.1 Å². The highest BCUT2D eigenvalue weighted by Gasteiger charge is 2.17. The zero-order valence-corrected chi connectivity index (χ0v) is 12.3. The van der Waals surface area contributed by atoms with Crippen molar-refractivity contribution in [2.45, 2.75) is 38.8 Å². The lowest BCUT2D eigenvalue weighted by Crippen LogP contribution is -2.17. The summed E-state index contributed by atoms with van der Waals surface area (Å²) in [6.45, 7) is 2.88. The van der Waals surface area contributed by atoms with Gasteiger partial charge in [0.15, 0.2) is 5.75 Å². The lowest BCUT2D eigenvalue weighted by molar-refractivity contribution is 0.398. The van der Waals surface area contributed by atoms with Crippen LogP contribution in [0.2, 0.25) is 0 Å². The largest absolute Gasteiger partial charge is 0.493 e. The summed E-state index contributed by atoms with van der Waals surface area (Å²) in [5.74, 6) is 0.797. The van der Waals surface area contributed by atoms with Crippen molar-refractivity contribution >= 4 is 11.3 Å². The number of hydrogen-bond acceptors (Lipinski definition) is 4. The fourth-order valence-electron chi connectivity index (χ4n) is 2.25. The Labute approximate surface area is 118 Å². The van der Waals surface area contributed by atoms with E-state index >= 15 is 0 Å². The van der Waals surface area contributed by atoms with E-state index in [2.05, 4.69) is 29.5 Å². The molecule has 0 aliphatic carbocycles. The molecule has 0 radical (unpaired) electrons. The number of ether oxygens (including phenoxy) is 1. The molecule has 5 heteroatoms. The van der Waals surface area contributed by atoms with Crippen molar-refractivity contribution in [2.75, 3.05) is 7.11 Å². The molecule has 0 amide bonds. The first kappa shape index (κ1) is 14.1. The van der Waals surface area contributed by atoms with Crippen molar-refractivity contribution in [3.63, 3.8) is 0 Å². The number of nitrogens with two attached hydrogens (primary N) is 1. The first-order valence-corrected chi connectivity index (χ1v) is 7.51. The molecule has 2 heterocycles. The maximum atomic E-state index is 6.29. The quantitative estimate of drug-likeness (QED) is 0.847. The van der Waals surface area contributed by atoms with E-state index in [-0.39, 0.29) is 6.04 Å². The Morgan fingerprint density at radius 3 is 3.00 bits per heavy atom. The van der Waals surface area contributed by atoms with Crippen LogP contribution in [0.1, 0.15) is 36.4 Å². The molecule has 4 nitrogen and oxygen atoms in total. The van der Waals surface area contributed by atoms with Gasteiger partial charge >= 0.3 is 0 Å². The number of aryl methyl sites for hydroxylation is 2. The number of aromatic nitrogens is 2. The van der Waals surface area contributed by atoms with Crippen LogP contribution in [-0.2, 0) is 13.0 Å². The summed E-state index contributed by atoms with van der Waals surface area (Å²) >= 11 is 1.80. The maximum Gasteiger partial charge on any atom is 0.161 e. The summed E-state index contributed by atoms with van der Waals surface area (Å²) in [5.41, 5.74) is 7.30. The van der Waals surface area contributed by atoms with Gasteiger partial charge in [0, 0.05) is 11.4 Å². The first-order valence-electron chi connectivity index (χ1n) is 6.64. The Morgan fingerprint density at radius 2 is 2.37 bits per heavy atom. The van der Waals surface area contributed by atoms with Gasteiger partial charge in [-0.3, -0.25) is 4.68 Å². The lowest BCUT2D eigenvalue weighted by atomic mass is 10.1. The van der Waals surface area contributed by atoms with Crippen molar-refractivity contribution in [3.05, 3.63) is 34.3 Å². The summed E-state index contributed by atoms with van der Waals surface area (Å²) in [6, 6.07) is 4.25. The second-order valence-electron chi connectivity index (χ2n) is 4.49. The smallest absolute Gasteiger partial charge is 0.161 e. The summed E-state index contributed by atoms with van der Waals surface area (Å²) in [4.78, 5) is 1.42. The Hall–Kier alpha value is -1.33. The van der Waals surface area contributed by atoms with E-state index < -0.39 is 0 Å². The van der Waals surface area contributed by atoms with Crippen LogP contribution in [0.5, 0.6) is 5.75 Å². The van der Waals surface area contributed by atoms with Crippen molar-refractivity contribution in [1.29, 1.82) is 0 Å². The van der Waals surface area contributed by atoms with Crippen LogP contribution in [0.25, 0.3) is 0 Å². The highest BCUT2D eigenvalue weighted by molar-refractivity contribution is 7.09. The van der Waals surface area contributed by atoms with Crippen LogP contribution in [0.15, 0.2) is 23.7 Å². The number of thiophene rings is 1. The molecule has 0 bridgehead atoms. The number of nitrogens with zero attached hydrogens (tertiary/aromatic N) is 2. The third-order valence-electron chi connectivity index (χ3n) is 3.23. The molecule has 2 aromatic heterocycles. The van der Waals surface area contributed by atoms with Gasteiger partial charge in [0.05, 0.1) is 25.0 Å². The van der Waals surface area contributed by atoms with Gasteiger partial charge in [-0.05, 0) is 37.6 Å². The third-order valence-corrected chi connectivity index (χ3v) is 4.17. The monoisotopic (exact) mass is 279 g/mol. The van der Waals surface area contributed by atoms with Crippen LogP contribution in [0.4, 0.5) is 0 Å². The second kappa shape index (κ2) is 6.73. The average molecular weight is 279 g/mol. The molecule has 19 heavy (non-hydrogen) atoms. The molecule has 0 spiro atoms. The fraction of sp³-hybridized carbons (Fsp3) is 0.500. The highest BCUT2D eigenvalue weighted by Crippen LogP contribution is 2.27. The van der Waals surface area contributed by atoms with Crippen LogP contribution in [-0.4, -0.2) is 16.9 Å². The molecule has 1 atom stereocenters. The molecule has 0 aromatic carbocycles. The maximum absolute atomic E-state index is 6.29. The van der Waals surface area contributed by atoms with Gasteiger partial charge in [-0.15, -0.1) is 11.3 Å². The minimum atomic E-state index is -0.0163. The molecule has 1 unspecified atom stereocenters. The van der Waals surface area contributed by atoms with Gasteiger partial charge in [0.2, 0.25) is 0 Å². The molecule has 2 aromatic rings. The molecule has 0 saturated heterocycles. The van der Waals surface area contributed by atoms with Crippen molar-refractivity contribution in [1.82, 2.24) is 9.78 Å². The van der Waals surface area contributed by atoms with E-state index in [0.717, 1.165) is 37.3 Å². The normalized spacial score (nSPS) is 12.6. The van der Waals surface area contributed by atoms with Gasteiger partial charge in [0.25, 0.3) is 0 Å². The van der Waals surface area contributed by atoms with Crippen LogP contribution in [0, 0.1) is 0 Å². The fourth-order valence-corrected chi connectivity index (χ4v) is 3.00. The minimum absolute atomic E-state index is 0.0163. The van der Waals surface area contributed by atoms with Crippen molar-refractivity contribution in [3.8, 4) is 5.75 Å². The summed E-state index contributed by atoms with van der Waals surface area (Å²) < 4.78 is 7.27. The van der Waals surface area contributed by atoms with Gasteiger partial charge in [-0.2, -0.15) is 5.10 Å². The minimum Gasteiger partial charge on any atom is -0.493 e. The first-order chi connectivity index (χ1) is 9.26.